The zero-order valence-corrected chi connectivity index (χ0v) is 11.5. The van der Waals surface area contributed by atoms with Crippen molar-refractivity contribution in [1.29, 1.82) is 0 Å². The van der Waals surface area contributed by atoms with Gasteiger partial charge >= 0.3 is 0 Å². The SMILES string of the molecule is CNC(c1c(C)cnn1C)C1CCC(C)CC1. The maximum absolute atomic E-state index is 4.37. The van der Waals surface area contributed by atoms with Crippen molar-refractivity contribution in [3.8, 4) is 0 Å². The van der Waals surface area contributed by atoms with Gasteiger partial charge in [-0.15, -0.1) is 0 Å². The molecule has 1 aliphatic carbocycles. The molecule has 1 aromatic heterocycles. The van der Waals surface area contributed by atoms with E-state index in [9.17, 15) is 0 Å². The first kappa shape index (κ1) is 12.6. The molecule has 1 unspecified atom stereocenters. The highest BCUT2D eigenvalue weighted by atomic mass is 15.3. The van der Waals surface area contributed by atoms with Crippen molar-refractivity contribution in [2.24, 2.45) is 18.9 Å². The molecule has 0 aromatic carbocycles. The van der Waals surface area contributed by atoms with Gasteiger partial charge in [0.2, 0.25) is 0 Å². The van der Waals surface area contributed by atoms with E-state index in [0.717, 1.165) is 11.8 Å². The van der Waals surface area contributed by atoms with Gasteiger partial charge in [-0.05, 0) is 44.2 Å². The van der Waals surface area contributed by atoms with E-state index in [0.29, 0.717) is 6.04 Å². The molecule has 1 N–H and O–H groups in total. The summed E-state index contributed by atoms with van der Waals surface area (Å²) in [5, 5.41) is 7.88. The highest BCUT2D eigenvalue weighted by molar-refractivity contribution is 5.20. The third-order valence-electron chi connectivity index (χ3n) is 4.31. The van der Waals surface area contributed by atoms with E-state index in [1.807, 2.05) is 10.9 Å². The van der Waals surface area contributed by atoms with Gasteiger partial charge in [0.15, 0.2) is 0 Å². The summed E-state index contributed by atoms with van der Waals surface area (Å²) in [6.07, 6.45) is 7.42. The van der Waals surface area contributed by atoms with Crippen molar-refractivity contribution in [3.05, 3.63) is 17.5 Å². The summed E-state index contributed by atoms with van der Waals surface area (Å²) in [5.41, 5.74) is 2.68. The Morgan fingerprint density at radius 2 is 2.00 bits per heavy atom. The number of rotatable bonds is 3. The van der Waals surface area contributed by atoms with Gasteiger partial charge in [0.05, 0.1) is 17.9 Å². The molecule has 2 rings (SSSR count). The van der Waals surface area contributed by atoms with Gasteiger partial charge in [0.25, 0.3) is 0 Å². The Kier molecular flexibility index (Phi) is 3.87. The Morgan fingerprint density at radius 1 is 1.35 bits per heavy atom. The summed E-state index contributed by atoms with van der Waals surface area (Å²) in [5.74, 6) is 1.68. The van der Waals surface area contributed by atoms with E-state index >= 15 is 0 Å². The zero-order valence-electron chi connectivity index (χ0n) is 11.5. The van der Waals surface area contributed by atoms with Crippen LogP contribution >= 0.6 is 0 Å². The average Bonchev–Trinajstić information content (AvgIpc) is 2.64. The van der Waals surface area contributed by atoms with E-state index in [1.165, 1.54) is 36.9 Å². The molecule has 1 saturated carbocycles. The number of nitrogens with one attached hydrogen (secondary N) is 1. The first-order chi connectivity index (χ1) is 8.13. The lowest BCUT2D eigenvalue weighted by Crippen LogP contribution is -2.30. The van der Waals surface area contributed by atoms with Crippen molar-refractivity contribution in [3.63, 3.8) is 0 Å². The Hall–Kier alpha value is -0.830. The maximum Gasteiger partial charge on any atom is 0.0582 e. The van der Waals surface area contributed by atoms with E-state index < -0.39 is 0 Å². The fraction of sp³-hybridized carbons (Fsp3) is 0.786. The first-order valence-corrected chi connectivity index (χ1v) is 6.79. The van der Waals surface area contributed by atoms with Crippen LogP contribution in [0.2, 0.25) is 0 Å². The molecule has 1 fully saturated rings. The molecule has 0 saturated heterocycles. The molecule has 1 heterocycles. The molecule has 1 atom stereocenters. The number of hydrogen-bond donors (Lipinski definition) is 1. The summed E-state index contributed by atoms with van der Waals surface area (Å²) in [6, 6.07) is 0.468. The minimum absolute atomic E-state index is 0.468. The minimum atomic E-state index is 0.468. The van der Waals surface area contributed by atoms with E-state index in [1.54, 1.807) is 0 Å². The van der Waals surface area contributed by atoms with Gasteiger partial charge in [-0.3, -0.25) is 4.68 Å². The van der Waals surface area contributed by atoms with Crippen molar-refractivity contribution in [1.82, 2.24) is 15.1 Å². The van der Waals surface area contributed by atoms with Crippen molar-refractivity contribution in [2.45, 2.75) is 45.6 Å². The average molecular weight is 235 g/mol. The van der Waals surface area contributed by atoms with Gasteiger partial charge in [0.1, 0.15) is 0 Å². The Labute approximate surface area is 105 Å². The predicted molar refractivity (Wildman–Crippen MR) is 70.9 cm³/mol. The first-order valence-electron chi connectivity index (χ1n) is 6.79. The third kappa shape index (κ3) is 2.54. The largest absolute Gasteiger partial charge is 0.311 e. The highest BCUT2D eigenvalue weighted by Crippen LogP contribution is 2.37. The number of nitrogens with zero attached hydrogens (tertiary/aromatic N) is 2. The van der Waals surface area contributed by atoms with Gasteiger partial charge < -0.3 is 5.32 Å². The second-order valence-electron chi connectivity index (χ2n) is 5.62. The van der Waals surface area contributed by atoms with Crippen LogP contribution in [0, 0.1) is 18.8 Å². The molecule has 17 heavy (non-hydrogen) atoms. The molecule has 0 bridgehead atoms. The summed E-state index contributed by atoms with van der Waals surface area (Å²) in [6.45, 7) is 4.54. The Morgan fingerprint density at radius 3 is 2.47 bits per heavy atom. The molecule has 3 nitrogen and oxygen atoms in total. The van der Waals surface area contributed by atoms with Crippen LogP contribution in [0.3, 0.4) is 0 Å². The van der Waals surface area contributed by atoms with Crippen LogP contribution in [0.1, 0.15) is 49.9 Å². The van der Waals surface area contributed by atoms with E-state index in [-0.39, 0.29) is 0 Å². The summed E-state index contributed by atoms with van der Waals surface area (Å²) < 4.78 is 2.04. The molecule has 1 aliphatic rings. The van der Waals surface area contributed by atoms with Crippen LogP contribution in [0.4, 0.5) is 0 Å². The van der Waals surface area contributed by atoms with E-state index in [2.05, 4.69) is 38.4 Å². The summed E-state index contributed by atoms with van der Waals surface area (Å²) in [4.78, 5) is 0. The normalized spacial score (nSPS) is 27.1. The molecule has 0 amide bonds. The number of aryl methyl sites for hydroxylation is 2. The molecular weight excluding hydrogens is 210 g/mol. The summed E-state index contributed by atoms with van der Waals surface area (Å²) >= 11 is 0. The second kappa shape index (κ2) is 5.21. The molecule has 0 spiro atoms. The molecule has 0 aliphatic heterocycles. The minimum Gasteiger partial charge on any atom is -0.311 e. The van der Waals surface area contributed by atoms with E-state index in [4.69, 9.17) is 0 Å². The quantitative estimate of drug-likeness (QED) is 0.873. The lowest BCUT2D eigenvalue weighted by atomic mass is 9.78. The fourth-order valence-corrected chi connectivity index (χ4v) is 3.22. The summed E-state index contributed by atoms with van der Waals surface area (Å²) in [7, 11) is 4.13. The molecule has 3 heteroatoms. The number of hydrogen-bond acceptors (Lipinski definition) is 2. The number of aromatic nitrogens is 2. The van der Waals surface area contributed by atoms with Gasteiger partial charge in [-0.25, -0.2) is 0 Å². The monoisotopic (exact) mass is 235 g/mol. The smallest absolute Gasteiger partial charge is 0.0582 e. The second-order valence-corrected chi connectivity index (χ2v) is 5.62. The maximum atomic E-state index is 4.37. The van der Waals surface area contributed by atoms with Crippen molar-refractivity contribution >= 4 is 0 Å². The van der Waals surface area contributed by atoms with Crippen LogP contribution in [-0.4, -0.2) is 16.8 Å². The Bertz CT molecular complexity index is 342. The lowest BCUT2D eigenvalue weighted by molar-refractivity contribution is 0.231. The van der Waals surface area contributed by atoms with Crippen LogP contribution in [0.15, 0.2) is 6.20 Å². The highest BCUT2D eigenvalue weighted by Gasteiger charge is 2.28. The van der Waals surface area contributed by atoms with Crippen LogP contribution in [-0.2, 0) is 7.05 Å². The molecule has 1 aromatic rings. The molecule has 0 radical (unpaired) electrons. The third-order valence-corrected chi connectivity index (χ3v) is 4.31. The topological polar surface area (TPSA) is 29.9 Å². The molecular formula is C14H25N3. The van der Waals surface area contributed by atoms with Crippen LogP contribution in [0.5, 0.6) is 0 Å². The van der Waals surface area contributed by atoms with Gasteiger partial charge in [-0.2, -0.15) is 5.10 Å². The van der Waals surface area contributed by atoms with Crippen LogP contribution in [0.25, 0.3) is 0 Å². The van der Waals surface area contributed by atoms with Crippen molar-refractivity contribution < 1.29 is 0 Å². The van der Waals surface area contributed by atoms with Gasteiger partial charge in [-0.1, -0.05) is 19.8 Å². The van der Waals surface area contributed by atoms with Crippen LogP contribution < -0.4 is 5.32 Å². The lowest BCUT2D eigenvalue weighted by Gasteiger charge is -2.33. The van der Waals surface area contributed by atoms with Crippen molar-refractivity contribution in [2.75, 3.05) is 7.05 Å². The molecule has 96 valence electrons. The fourth-order valence-electron chi connectivity index (χ4n) is 3.22. The zero-order chi connectivity index (χ0) is 12.4. The Balaban J connectivity index is 2.16. The standard InChI is InChI=1S/C14H25N3/c1-10-5-7-12(8-6-10)13(15-3)14-11(2)9-16-17(14)4/h9-10,12-13,15H,5-8H2,1-4H3. The predicted octanol–water partition coefficient (Wildman–Crippen LogP) is 2.82. The van der Waals surface area contributed by atoms with Gasteiger partial charge in [0, 0.05) is 7.05 Å².